The van der Waals surface area contributed by atoms with Gasteiger partial charge in [0.05, 0.1) is 13.2 Å². The molecule has 0 aromatic carbocycles. The van der Waals surface area contributed by atoms with Gasteiger partial charge in [-0.25, -0.2) is 4.57 Å². The molecule has 0 fully saturated rings. The average Bonchev–Trinajstić information content (AvgIpc) is 3.14. The molecule has 1 amide bonds. The van der Waals surface area contributed by atoms with E-state index in [1.807, 2.05) is 0 Å². The Hall–Kier alpha value is -1.25. The van der Waals surface area contributed by atoms with Crippen LogP contribution in [0.4, 0.5) is 0 Å². The van der Waals surface area contributed by atoms with Crippen LogP contribution in [0.15, 0.2) is 12.2 Å². The fourth-order valence-corrected chi connectivity index (χ4v) is 7.07. The van der Waals surface area contributed by atoms with E-state index in [4.69, 9.17) is 13.8 Å². The van der Waals surface area contributed by atoms with Crippen LogP contribution in [-0.4, -0.2) is 54.3 Å². The van der Waals surface area contributed by atoms with E-state index in [0.29, 0.717) is 6.42 Å². The van der Waals surface area contributed by atoms with E-state index in [1.165, 1.54) is 154 Å². The Kier molecular flexibility index (Phi) is 39.5. The standard InChI is InChI=1S/C43H84NO8P/c1-3-5-7-9-11-13-15-16-17-18-19-20-21-22-23-24-26-27-29-31-33-35-42(46)44-37-38-51-53(48,49)52-40-41(45)39-50-43(47)36-34-32-30-28-25-14-12-10-8-6-4-2/h16-17,41,45H,3-15,18-40H2,1-2H3,(H,44,46)(H,48,49)/b17-16+. The van der Waals surface area contributed by atoms with Gasteiger partial charge in [-0.05, 0) is 38.5 Å². The first-order valence-electron chi connectivity index (χ1n) is 22.2. The number of hydrogen-bond donors (Lipinski definition) is 3. The third-order valence-corrected chi connectivity index (χ3v) is 10.7. The molecule has 314 valence electrons. The maximum Gasteiger partial charge on any atom is 0.472 e. The van der Waals surface area contributed by atoms with Crippen LogP contribution in [0, 0.1) is 0 Å². The number of amides is 1. The van der Waals surface area contributed by atoms with Gasteiger partial charge in [0.1, 0.15) is 12.7 Å². The number of ether oxygens (including phenoxy) is 1. The summed E-state index contributed by atoms with van der Waals surface area (Å²) in [6.45, 7) is 3.56. The summed E-state index contributed by atoms with van der Waals surface area (Å²) in [6.07, 6.45) is 41.5. The topological polar surface area (TPSA) is 131 Å². The summed E-state index contributed by atoms with van der Waals surface area (Å²) >= 11 is 0. The second-order valence-electron chi connectivity index (χ2n) is 15.0. The number of aliphatic hydroxyl groups is 1. The van der Waals surface area contributed by atoms with E-state index in [9.17, 15) is 24.2 Å². The van der Waals surface area contributed by atoms with Crippen molar-refractivity contribution < 1.29 is 37.9 Å². The molecule has 0 saturated heterocycles. The van der Waals surface area contributed by atoms with Crippen LogP contribution in [0.1, 0.15) is 219 Å². The minimum absolute atomic E-state index is 0.0852. The lowest BCUT2D eigenvalue weighted by atomic mass is 10.0. The highest BCUT2D eigenvalue weighted by Gasteiger charge is 2.23. The molecule has 0 bridgehead atoms. The van der Waals surface area contributed by atoms with Gasteiger partial charge < -0.3 is 20.1 Å². The van der Waals surface area contributed by atoms with Crippen molar-refractivity contribution in [3.8, 4) is 0 Å². The van der Waals surface area contributed by atoms with Gasteiger partial charge in [-0.3, -0.25) is 18.6 Å². The quantitative estimate of drug-likeness (QED) is 0.0242. The number of allylic oxidation sites excluding steroid dienone is 2. The molecule has 0 aromatic rings. The molecule has 0 aliphatic carbocycles. The number of nitrogens with one attached hydrogen (secondary N) is 1. The van der Waals surface area contributed by atoms with Crippen molar-refractivity contribution in [3.63, 3.8) is 0 Å². The van der Waals surface area contributed by atoms with Gasteiger partial charge in [0.2, 0.25) is 5.91 Å². The Labute approximate surface area is 326 Å². The molecule has 9 nitrogen and oxygen atoms in total. The number of hydrogen-bond acceptors (Lipinski definition) is 7. The molecule has 0 saturated carbocycles. The Morgan fingerprint density at radius 1 is 0.566 bits per heavy atom. The van der Waals surface area contributed by atoms with Crippen molar-refractivity contribution in [2.45, 2.75) is 225 Å². The van der Waals surface area contributed by atoms with Crippen molar-refractivity contribution in [3.05, 3.63) is 12.2 Å². The SMILES string of the molecule is CCCCCCCC/C=C/CCCCCCCCCCCCCC(=O)NCCOP(=O)(O)OCC(O)COC(=O)CCCCCCCCCCCCC. The molecule has 0 rings (SSSR count). The number of unbranched alkanes of at least 4 members (excludes halogenated alkanes) is 27. The molecular weight excluding hydrogens is 689 g/mol. The fraction of sp³-hybridized carbons (Fsp3) is 0.907. The van der Waals surface area contributed by atoms with Crippen molar-refractivity contribution in [1.82, 2.24) is 5.32 Å². The molecule has 2 atom stereocenters. The lowest BCUT2D eigenvalue weighted by Gasteiger charge is -2.15. The summed E-state index contributed by atoms with van der Waals surface area (Å²) in [7, 11) is -4.41. The van der Waals surface area contributed by atoms with E-state index in [0.717, 1.165) is 38.5 Å². The summed E-state index contributed by atoms with van der Waals surface area (Å²) in [4.78, 5) is 33.8. The highest BCUT2D eigenvalue weighted by atomic mass is 31.2. The minimum atomic E-state index is -4.41. The molecule has 0 heterocycles. The average molecular weight is 774 g/mol. The van der Waals surface area contributed by atoms with E-state index in [-0.39, 0.29) is 32.1 Å². The van der Waals surface area contributed by atoms with Crippen LogP contribution in [0.25, 0.3) is 0 Å². The van der Waals surface area contributed by atoms with Gasteiger partial charge in [-0.2, -0.15) is 0 Å². The van der Waals surface area contributed by atoms with Gasteiger partial charge >= 0.3 is 13.8 Å². The predicted molar refractivity (Wildman–Crippen MR) is 220 cm³/mol. The first-order chi connectivity index (χ1) is 25.8. The highest BCUT2D eigenvalue weighted by molar-refractivity contribution is 7.47. The molecule has 0 spiro atoms. The molecule has 3 N–H and O–H groups in total. The first kappa shape index (κ1) is 51.8. The highest BCUT2D eigenvalue weighted by Crippen LogP contribution is 2.42. The largest absolute Gasteiger partial charge is 0.472 e. The normalized spacial score (nSPS) is 13.4. The Bertz CT molecular complexity index is 886. The molecule has 0 aromatic heterocycles. The zero-order valence-electron chi connectivity index (χ0n) is 34.5. The van der Waals surface area contributed by atoms with Gasteiger partial charge in [-0.1, -0.05) is 180 Å². The molecule has 0 aliphatic heterocycles. The van der Waals surface area contributed by atoms with E-state index in [1.54, 1.807) is 0 Å². The van der Waals surface area contributed by atoms with Gasteiger partial charge in [0.25, 0.3) is 0 Å². The third-order valence-electron chi connectivity index (χ3n) is 9.70. The summed E-state index contributed by atoms with van der Waals surface area (Å²) < 4.78 is 26.8. The van der Waals surface area contributed by atoms with Gasteiger partial charge in [-0.15, -0.1) is 0 Å². The van der Waals surface area contributed by atoms with Crippen molar-refractivity contribution in [2.24, 2.45) is 0 Å². The molecule has 0 radical (unpaired) electrons. The predicted octanol–water partition coefficient (Wildman–Crippen LogP) is 12.2. The number of carbonyl (C=O) groups excluding carboxylic acids is 2. The van der Waals surface area contributed by atoms with Crippen LogP contribution >= 0.6 is 7.82 Å². The second-order valence-corrected chi connectivity index (χ2v) is 16.5. The number of aliphatic hydroxyl groups excluding tert-OH is 1. The maximum absolute atomic E-state index is 12.1. The monoisotopic (exact) mass is 774 g/mol. The summed E-state index contributed by atoms with van der Waals surface area (Å²) in [5, 5.41) is 12.7. The van der Waals surface area contributed by atoms with E-state index < -0.39 is 26.5 Å². The number of carbonyl (C=O) groups is 2. The minimum Gasteiger partial charge on any atom is -0.463 e. The molecule has 0 aliphatic rings. The van der Waals surface area contributed by atoms with Crippen LogP contribution in [0.5, 0.6) is 0 Å². The van der Waals surface area contributed by atoms with Crippen LogP contribution < -0.4 is 5.32 Å². The van der Waals surface area contributed by atoms with Gasteiger partial charge in [0, 0.05) is 19.4 Å². The number of phosphoric ester groups is 1. The fourth-order valence-electron chi connectivity index (χ4n) is 6.32. The van der Waals surface area contributed by atoms with Gasteiger partial charge in [0.15, 0.2) is 0 Å². The summed E-state index contributed by atoms with van der Waals surface area (Å²) in [5.41, 5.74) is 0. The van der Waals surface area contributed by atoms with Crippen molar-refractivity contribution >= 4 is 19.7 Å². The molecule has 2 unspecified atom stereocenters. The third kappa shape index (κ3) is 41.7. The number of phosphoric acid groups is 1. The van der Waals surface area contributed by atoms with Crippen LogP contribution in [0.2, 0.25) is 0 Å². The smallest absolute Gasteiger partial charge is 0.463 e. The molecule has 10 heteroatoms. The zero-order chi connectivity index (χ0) is 38.9. The Morgan fingerprint density at radius 3 is 1.42 bits per heavy atom. The molecule has 53 heavy (non-hydrogen) atoms. The Balaban J connectivity index is 3.54. The number of esters is 1. The van der Waals surface area contributed by atoms with E-state index in [2.05, 4.69) is 31.3 Å². The summed E-state index contributed by atoms with van der Waals surface area (Å²) in [6, 6.07) is 0. The Morgan fingerprint density at radius 2 is 0.962 bits per heavy atom. The lowest BCUT2D eigenvalue weighted by molar-refractivity contribution is -0.147. The zero-order valence-corrected chi connectivity index (χ0v) is 35.4. The van der Waals surface area contributed by atoms with E-state index >= 15 is 0 Å². The maximum atomic E-state index is 12.1. The van der Waals surface area contributed by atoms with Crippen LogP contribution in [-0.2, 0) is 27.9 Å². The van der Waals surface area contributed by atoms with Crippen molar-refractivity contribution in [1.29, 1.82) is 0 Å². The lowest BCUT2D eigenvalue weighted by Crippen LogP contribution is -2.27. The van der Waals surface area contributed by atoms with Crippen molar-refractivity contribution in [2.75, 3.05) is 26.4 Å². The number of rotatable bonds is 42. The first-order valence-corrected chi connectivity index (χ1v) is 23.7. The second kappa shape index (κ2) is 40.4. The van der Waals surface area contributed by atoms with Crippen LogP contribution in [0.3, 0.4) is 0 Å². The molecular formula is C43H84NO8P. The summed E-state index contributed by atoms with van der Waals surface area (Å²) in [5.74, 6) is -0.510.